The van der Waals surface area contributed by atoms with Crippen LogP contribution in [0, 0.1) is 13.8 Å². The van der Waals surface area contributed by atoms with Crippen molar-refractivity contribution in [3.8, 4) is 0 Å². The molecule has 0 aliphatic heterocycles. The predicted molar refractivity (Wildman–Crippen MR) is 75.6 cm³/mol. The molecule has 0 fully saturated rings. The van der Waals surface area contributed by atoms with Crippen LogP contribution in [0.5, 0.6) is 0 Å². The van der Waals surface area contributed by atoms with Gasteiger partial charge in [-0.25, -0.2) is 9.97 Å². The highest BCUT2D eigenvalue weighted by molar-refractivity contribution is 6.29. The van der Waals surface area contributed by atoms with Crippen molar-refractivity contribution in [3.05, 3.63) is 46.4 Å². The van der Waals surface area contributed by atoms with Gasteiger partial charge in [-0.05, 0) is 37.1 Å². The first kappa shape index (κ1) is 12.8. The SMILES string of the molecule is CCc1nc(Cl)cc(Nc2ccc(C)c(C)c2)n1. The second-order valence-electron chi connectivity index (χ2n) is 4.27. The smallest absolute Gasteiger partial charge is 0.135 e. The number of rotatable bonds is 3. The first-order chi connectivity index (χ1) is 8.58. The Morgan fingerprint density at radius 2 is 1.89 bits per heavy atom. The van der Waals surface area contributed by atoms with E-state index in [9.17, 15) is 0 Å². The number of aryl methyl sites for hydroxylation is 3. The Morgan fingerprint density at radius 1 is 1.11 bits per heavy atom. The fourth-order valence-electron chi connectivity index (χ4n) is 1.65. The van der Waals surface area contributed by atoms with Gasteiger partial charge in [-0.2, -0.15) is 0 Å². The summed E-state index contributed by atoms with van der Waals surface area (Å²) in [7, 11) is 0. The van der Waals surface area contributed by atoms with Gasteiger partial charge in [-0.1, -0.05) is 24.6 Å². The van der Waals surface area contributed by atoms with Crippen LogP contribution in [0.15, 0.2) is 24.3 Å². The normalized spacial score (nSPS) is 10.4. The van der Waals surface area contributed by atoms with E-state index in [2.05, 4.69) is 41.3 Å². The summed E-state index contributed by atoms with van der Waals surface area (Å²) in [6.45, 7) is 6.19. The highest BCUT2D eigenvalue weighted by Gasteiger charge is 2.03. The molecule has 0 amide bonds. The summed E-state index contributed by atoms with van der Waals surface area (Å²) in [5.41, 5.74) is 3.53. The minimum atomic E-state index is 0.466. The number of benzene rings is 1. The molecule has 0 saturated carbocycles. The van der Waals surface area contributed by atoms with Crippen molar-refractivity contribution in [2.45, 2.75) is 27.2 Å². The number of hydrogen-bond donors (Lipinski definition) is 1. The lowest BCUT2D eigenvalue weighted by molar-refractivity contribution is 0.943. The molecule has 1 heterocycles. The zero-order valence-electron chi connectivity index (χ0n) is 10.8. The molecule has 1 aromatic heterocycles. The first-order valence-electron chi connectivity index (χ1n) is 5.96. The molecular formula is C14H16ClN3. The molecule has 0 spiro atoms. The Hall–Kier alpha value is -1.61. The maximum Gasteiger partial charge on any atom is 0.135 e. The summed E-state index contributed by atoms with van der Waals surface area (Å²) >= 11 is 5.96. The number of halogens is 1. The van der Waals surface area contributed by atoms with Gasteiger partial charge in [0.15, 0.2) is 0 Å². The Balaban J connectivity index is 2.27. The average Bonchev–Trinajstić information content (AvgIpc) is 2.33. The van der Waals surface area contributed by atoms with Gasteiger partial charge in [-0.3, -0.25) is 0 Å². The molecule has 0 bridgehead atoms. The molecule has 4 heteroatoms. The molecule has 3 nitrogen and oxygen atoms in total. The average molecular weight is 262 g/mol. The monoisotopic (exact) mass is 261 g/mol. The highest BCUT2D eigenvalue weighted by atomic mass is 35.5. The van der Waals surface area contributed by atoms with E-state index in [1.165, 1.54) is 11.1 Å². The van der Waals surface area contributed by atoms with Crippen molar-refractivity contribution in [1.82, 2.24) is 9.97 Å². The van der Waals surface area contributed by atoms with E-state index in [4.69, 9.17) is 11.6 Å². The second-order valence-corrected chi connectivity index (χ2v) is 4.66. The molecule has 0 unspecified atom stereocenters. The van der Waals surface area contributed by atoms with Gasteiger partial charge in [0.1, 0.15) is 16.8 Å². The molecule has 0 saturated heterocycles. The summed E-state index contributed by atoms with van der Waals surface area (Å²) in [6.07, 6.45) is 0.766. The van der Waals surface area contributed by atoms with Crippen LogP contribution in [0.3, 0.4) is 0 Å². The van der Waals surface area contributed by atoms with E-state index >= 15 is 0 Å². The minimum absolute atomic E-state index is 0.466. The quantitative estimate of drug-likeness (QED) is 0.847. The molecule has 0 atom stereocenters. The largest absolute Gasteiger partial charge is 0.340 e. The summed E-state index contributed by atoms with van der Waals surface area (Å²) < 4.78 is 0. The first-order valence-corrected chi connectivity index (χ1v) is 6.34. The van der Waals surface area contributed by atoms with Crippen molar-refractivity contribution in [1.29, 1.82) is 0 Å². The Kier molecular flexibility index (Phi) is 3.82. The van der Waals surface area contributed by atoms with Gasteiger partial charge < -0.3 is 5.32 Å². The Labute approximate surface area is 112 Å². The molecule has 2 aromatic rings. The molecule has 18 heavy (non-hydrogen) atoms. The Bertz CT molecular complexity index is 567. The van der Waals surface area contributed by atoms with Crippen LogP contribution in [0.25, 0.3) is 0 Å². The van der Waals surface area contributed by atoms with Crippen LogP contribution < -0.4 is 5.32 Å². The van der Waals surface area contributed by atoms with Gasteiger partial charge in [0.05, 0.1) is 0 Å². The fraction of sp³-hybridized carbons (Fsp3) is 0.286. The van der Waals surface area contributed by atoms with E-state index in [0.29, 0.717) is 5.15 Å². The molecule has 0 aliphatic carbocycles. The number of hydrogen-bond acceptors (Lipinski definition) is 3. The summed E-state index contributed by atoms with van der Waals surface area (Å²) in [6, 6.07) is 7.94. The maximum absolute atomic E-state index is 5.96. The summed E-state index contributed by atoms with van der Waals surface area (Å²) in [4.78, 5) is 8.53. The standard InChI is InChI=1S/C14H16ClN3/c1-4-13-17-12(15)8-14(18-13)16-11-6-5-9(2)10(3)7-11/h5-8H,4H2,1-3H3,(H,16,17,18). The van der Waals surface area contributed by atoms with Crippen LogP contribution in [0.4, 0.5) is 11.5 Å². The van der Waals surface area contributed by atoms with E-state index in [0.717, 1.165) is 23.8 Å². The Morgan fingerprint density at radius 3 is 2.56 bits per heavy atom. The van der Waals surface area contributed by atoms with Crippen molar-refractivity contribution in [3.63, 3.8) is 0 Å². The van der Waals surface area contributed by atoms with Crippen molar-refractivity contribution >= 4 is 23.1 Å². The van der Waals surface area contributed by atoms with Crippen LogP contribution >= 0.6 is 11.6 Å². The highest BCUT2D eigenvalue weighted by Crippen LogP contribution is 2.20. The van der Waals surface area contributed by atoms with Gasteiger partial charge in [0.25, 0.3) is 0 Å². The predicted octanol–water partition coefficient (Wildman–Crippen LogP) is 4.05. The van der Waals surface area contributed by atoms with Crippen LogP contribution in [-0.4, -0.2) is 9.97 Å². The van der Waals surface area contributed by atoms with Crippen LogP contribution in [0.1, 0.15) is 23.9 Å². The van der Waals surface area contributed by atoms with E-state index in [1.807, 2.05) is 13.0 Å². The maximum atomic E-state index is 5.96. The third-order valence-electron chi connectivity index (χ3n) is 2.84. The number of anilines is 2. The van der Waals surface area contributed by atoms with Crippen LogP contribution in [0.2, 0.25) is 5.15 Å². The van der Waals surface area contributed by atoms with E-state index < -0.39 is 0 Å². The molecular weight excluding hydrogens is 246 g/mol. The lowest BCUT2D eigenvalue weighted by Crippen LogP contribution is -2.00. The second kappa shape index (κ2) is 5.36. The topological polar surface area (TPSA) is 37.8 Å². The van der Waals surface area contributed by atoms with Crippen molar-refractivity contribution in [2.75, 3.05) is 5.32 Å². The summed E-state index contributed by atoms with van der Waals surface area (Å²) in [5, 5.41) is 3.72. The van der Waals surface area contributed by atoms with Gasteiger partial charge in [0, 0.05) is 18.2 Å². The van der Waals surface area contributed by atoms with Gasteiger partial charge >= 0.3 is 0 Å². The number of aromatic nitrogens is 2. The molecule has 2 rings (SSSR count). The summed E-state index contributed by atoms with van der Waals surface area (Å²) in [5.74, 6) is 1.48. The minimum Gasteiger partial charge on any atom is -0.340 e. The molecule has 1 N–H and O–H groups in total. The van der Waals surface area contributed by atoms with E-state index in [1.54, 1.807) is 6.07 Å². The molecule has 0 radical (unpaired) electrons. The zero-order chi connectivity index (χ0) is 13.1. The third-order valence-corrected chi connectivity index (χ3v) is 3.03. The van der Waals surface area contributed by atoms with Gasteiger partial charge in [0.2, 0.25) is 0 Å². The van der Waals surface area contributed by atoms with Crippen molar-refractivity contribution < 1.29 is 0 Å². The van der Waals surface area contributed by atoms with E-state index in [-0.39, 0.29) is 0 Å². The van der Waals surface area contributed by atoms with Crippen LogP contribution in [-0.2, 0) is 6.42 Å². The lowest BCUT2D eigenvalue weighted by atomic mass is 10.1. The molecule has 1 aromatic carbocycles. The number of nitrogens with one attached hydrogen (secondary N) is 1. The molecule has 0 aliphatic rings. The lowest BCUT2D eigenvalue weighted by Gasteiger charge is -2.09. The van der Waals surface area contributed by atoms with Crippen molar-refractivity contribution in [2.24, 2.45) is 0 Å². The zero-order valence-corrected chi connectivity index (χ0v) is 11.5. The molecule has 94 valence electrons. The van der Waals surface area contributed by atoms with Gasteiger partial charge in [-0.15, -0.1) is 0 Å². The fourth-order valence-corrected chi connectivity index (χ4v) is 1.85. The third kappa shape index (κ3) is 2.99. The number of nitrogens with zero attached hydrogens (tertiary/aromatic N) is 2.